The van der Waals surface area contributed by atoms with Crippen molar-refractivity contribution in [1.29, 1.82) is 0 Å². The van der Waals surface area contributed by atoms with Crippen LogP contribution in [0, 0.1) is 5.41 Å². The van der Waals surface area contributed by atoms with Crippen molar-refractivity contribution in [1.82, 2.24) is 0 Å². The molecule has 15 heavy (non-hydrogen) atoms. The van der Waals surface area contributed by atoms with E-state index in [1.54, 1.807) is 13.8 Å². The predicted molar refractivity (Wildman–Crippen MR) is 58.8 cm³/mol. The molecule has 0 saturated heterocycles. The summed E-state index contributed by atoms with van der Waals surface area (Å²) in [5.74, 6) is -0.436. The Kier molecular flexibility index (Phi) is 3.50. The average molecular weight is 230 g/mol. The molecule has 1 aromatic rings. The normalized spacial score (nSPS) is 12.7. The highest BCUT2D eigenvalue weighted by atomic mass is 32.3. The van der Waals surface area contributed by atoms with Gasteiger partial charge in [-0.15, -0.1) is 3.89 Å². The van der Waals surface area contributed by atoms with Gasteiger partial charge in [0.15, 0.2) is 0 Å². The van der Waals surface area contributed by atoms with E-state index in [0.717, 1.165) is 5.56 Å². The third-order valence-electron chi connectivity index (χ3n) is 2.09. The SMILES string of the molecule is CC(C)(Cc1ccccc1)CS(=O)(=O)F. The van der Waals surface area contributed by atoms with Gasteiger partial charge in [-0.2, -0.15) is 8.42 Å². The van der Waals surface area contributed by atoms with Gasteiger partial charge in [-0.3, -0.25) is 0 Å². The molecule has 0 bridgehead atoms. The molecule has 0 aliphatic heterocycles. The zero-order valence-corrected chi connectivity index (χ0v) is 9.72. The molecule has 84 valence electrons. The Bertz CT molecular complexity index is 409. The third kappa shape index (κ3) is 4.93. The van der Waals surface area contributed by atoms with E-state index in [2.05, 4.69) is 0 Å². The highest BCUT2D eigenvalue weighted by Crippen LogP contribution is 2.24. The van der Waals surface area contributed by atoms with Gasteiger partial charge in [-0.05, 0) is 17.4 Å². The molecule has 0 aromatic heterocycles. The summed E-state index contributed by atoms with van der Waals surface area (Å²) < 4.78 is 33.7. The zero-order chi connectivity index (χ0) is 11.5. The van der Waals surface area contributed by atoms with Crippen molar-refractivity contribution in [2.75, 3.05) is 5.75 Å². The first-order valence-electron chi connectivity index (χ1n) is 4.75. The predicted octanol–water partition coefficient (Wildman–Crippen LogP) is 2.55. The molecule has 4 heteroatoms. The molecule has 0 heterocycles. The van der Waals surface area contributed by atoms with Gasteiger partial charge in [0.2, 0.25) is 0 Å². The van der Waals surface area contributed by atoms with Gasteiger partial charge in [0.05, 0.1) is 5.75 Å². The van der Waals surface area contributed by atoms with Crippen LogP contribution in [0.4, 0.5) is 3.89 Å². The lowest BCUT2D eigenvalue weighted by Gasteiger charge is -2.22. The highest BCUT2D eigenvalue weighted by Gasteiger charge is 2.26. The van der Waals surface area contributed by atoms with Crippen LogP contribution >= 0.6 is 0 Å². The van der Waals surface area contributed by atoms with E-state index in [0.29, 0.717) is 6.42 Å². The van der Waals surface area contributed by atoms with Crippen LogP contribution in [0.2, 0.25) is 0 Å². The summed E-state index contributed by atoms with van der Waals surface area (Å²) in [7, 11) is -4.40. The fourth-order valence-corrected chi connectivity index (χ4v) is 2.70. The van der Waals surface area contributed by atoms with Gasteiger partial charge in [-0.25, -0.2) is 0 Å². The zero-order valence-electron chi connectivity index (χ0n) is 8.90. The Labute approximate surface area is 90.3 Å². The average Bonchev–Trinajstić information content (AvgIpc) is 1.99. The standard InChI is InChI=1S/C11H15FO2S/c1-11(2,9-15(12,13)14)8-10-6-4-3-5-7-10/h3-7H,8-9H2,1-2H3. The molecule has 0 unspecified atom stereocenters. The van der Waals surface area contributed by atoms with Crippen LogP contribution in [-0.4, -0.2) is 14.2 Å². The Morgan fingerprint density at radius 2 is 1.73 bits per heavy atom. The summed E-state index contributed by atoms with van der Waals surface area (Å²) in [6.07, 6.45) is 0.553. The molecule has 0 saturated carbocycles. The maximum absolute atomic E-state index is 12.6. The van der Waals surface area contributed by atoms with Crippen LogP contribution in [0.25, 0.3) is 0 Å². The van der Waals surface area contributed by atoms with E-state index in [9.17, 15) is 12.3 Å². The molecule has 1 aromatic carbocycles. The first-order chi connectivity index (χ1) is 6.79. The van der Waals surface area contributed by atoms with Crippen LogP contribution in [0.1, 0.15) is 19.4 Å². The van der Waals surface area contributed by atoms with Gasteiger partial charge in [0.1, 0.15) is 0 Å². The van der Waals surface area contributed by atoms with E-state index in [1.165, 1.54) is 0 Å². The molecule has 0 spiro atoms. The summed E-state index contributed by atoms with van der Waals surface area (Å²) in [6, 6.07) is 9.48. The number of hydrogen-bond donors (Lipinski definition) is 0. The van der Waals surface area contributed by atoms with Crippen LogP contribution in [0.3, 0.4) is 0 Å². The first-order valence-corrected chi connectivity index (χ1v) is 6.30. The first kappa shape index (κ1) is 12.2. The Morgan fingerprint density at radius 3 is 2.20 bits per heavy atom. The maximum atomic E-state index is 12.6. The number of benzene rings is 1. The minimum atomic E-state index is -4.40. The van der Waals surface area contributed by atoms with Crippen LogP contribution in [0.15, 0.2) is 30.3 Å². The van der Waals surface area contributed by atoms with Crippen molar-refractivity contribution >= 4 is 10.2 Å². The van der Waals surface area contributed by atoms with Crippen molar-refractivity contribution in [3.8, 4) is 0 Å². The minimum absolute atomic E-state index is 0.436. The van der Waals surface area contributed by atoms with Crippen LogP contribution < -0.4 is 0 Å². The van der Waals surface area contributed by atoms with Crippen LogP contribution in [0.5, 0.6) is 0 Å². The van der Waals surface area contributed by atoms with Crippen molar-refractivity contribution in [3.05, 3.63) is 35.9 Å². The lowest BCUT2D eigenvalue weighted by Crippen LogP contribution is -2.24. The molecule has 0 radical (unpaired) electrons. The lowest BCUT2D eigenvalue weighted by molar-refractivity contribution is 0.401. The van der Waals surface area contributed by atoms with Gasteiger partial charge < -0.3 is 0 Å². The molecule has 0 N–H and O–H groups in total. The molecule has 0 aliphatic rings. The van der Waals surface area contributed by atoms with E-state index < -0.39 is 21.4 Å². The topological polar surface area (TPSA) is 34.1 Å². The number of rotatable bonds is 4. The van der Waals surface area contributed by atoms with Crippen molar-refractivity contribution in [2.45, 2.75) is 20.3 Å². The second kappa shape index (κ2) is 4.31. The van der Waals surface area contributed by atoms with Crippen molar-refractivity contribution < 1.29 is 12.3 Å². The second-order valence-corrected chi connectivity index (χ2v) is 5.88. The van der Waals surface area contributed by atoms with Gasteiger partial charge in [0.25, 0.3) is 0 Å². The number of hydrogen-bond acceptors (Lipinski definition) is 2. The van der Waals surface area contributed by atoms with E-state index in [1.807, 2.05) is 30.3 Å². The fraction of sp³-hybridized carbons (Fsp3) is 0.455. The Morgan fingerprint density at radius 1 is 1.20 bits per heavy atom. The van der Waals surface area contributed by atoms with E-state index in [-0.39, 0.29) is 0 Å². The smallest absolute Gasteiger partial charge is 0.195 e. The molecule has 0 atom stereocenters. The van der Waals surface area contributed by atoms with Gasteiger partial charge >= 0.3 is 10.2 Å². The van der Waals surface area contributed by atoms with Gasteiger partial charge in [-0.1, -0.05) is 44.2 Å². The van der Waals surface area contributed by atoms with Gasteiger partial charge in [0, 0.05) is 0 Å². The minimum Gasteiger partial charge on any atom is -0.195 e. The molecule has 0 amide bonds. The summed E-state index contributed by atoms with van der Waals surface area (Å²) in [5.41, 5.74) is 0.445. The Hall–Kier alpha value is -0.900. The molecule has 0 aliphatic carbocycles. The number of halogens is 1. The quantitative estimate of drug-likeness (QED) is 0.745. The molecular weight excluding hydrogens is 215 g/mol. The molecule has 1 rings (SSSR count). The summed E-state index contributed by atoms with van der Waals surface area (Å²) in [6.45, 7) is 3.49. The molecule has 0 fully saturated rings. The molecule has 2 nitrogen and oxygen atoms in total. The largest absolute Gasteiger partial charge is 0.302 e. The monoisotopic (exact) mass is 230 g/mol. The van der Waals surface area contributed by atoms with Crippen molar-refractivity contribution in [2.24, 2.45) is 5.41 Å². The summed E-state index contributed by atoms with van der Waals surface area (Å²) >= 11 is 0. The third-order valence-corrected chi connectivity index (χ3v) is 3.21. The Balaban J connectivity index is 2.73. The second-order valence-electron chi connectivity index (χ2n) is 4.51. The van der Waals surface area contributed by atoms with Crippen LogP contribution in [-0.2, 0) is 16.6 Å². The summed E-state index contributed by atoms with van der Waals surface area (Å²) in [4.78, 5) is 0. The highest BCUT2D eigenvalue weighted by molar-refractivity contribution is 7.86. The molecular formula is C11H15FO2S. The summed E-state index contributed by atoms with van der Waals surface area (Å²) in [5, 5.41) is 0. The maximum Gasteiger partial charge on any atom is 0.302 e. The fourth-order valence-electron chi connectivity index (χ4n) is 1.67. The van der Waals surface area contributed by atoms with E-state index in [4.69, 9.17) is 0 Å². The van der Waals surface area contributed by atoms with E-state index >= 15 is 0 Å². The lowest BCUT2D eigenvalue weighted by atomic mass is 9.88. The van der Waals surface area contributed by atoms with Crippen molar-refractivity contribution in [3.63, 3.8) is 0 Å².